The average molecular weight is 287 g/mol. The lowest BCUT2D eigenvalue weighted by Crippen LogP contribution is -2.33. The quantitative estimate of drug-likeness (QED) is 0.816. The number of carbonyl (C=O) groups is 2. The van der Waals surface area contributed by atoms with Gasteiger partial charge in [0, 0.05) is 18.5 Å². The molecule has 8 heteroatoms. The monoisotopic (exact) mass is 287 g/mol. The zero-order chi connectivity index (χ0) is 15.1. The van der Waals surface area contributed by atoms with Crippen molar-refractivity contribution in [3.05, 3.63) is 42.6 Å². The van der Waals surface area contributed by atoms with Crippen molar-refractivity contribution in [2.24, 2.45) is 0 Å². The summed E-state index contributed by atoms with van der Waals surface area (Å²) >= 11 is 0. The van der Waals surface area contributed by atoms with Crippen LogP contribution in [0, 0.1) is 0 Å². The number of carbonyl (C=O) groups excluding carboxylic acids is 2. The molecular weight excluding hydrogens is 274 g/mol. The lowest BCUT2D eigenvalue weighted by atomic mass is 10.4. The predicted molar refractivity (Wildman–Crippen MR) is 73.8 cm³/mol. The van der Waals surface area contributed by atoms with Crippen LogP contribution in [0.4, 0.5) is 5.69 Å². The summed E-state index contributed by atoms with van der Waals surface area (Å²) in [5.41, 5.74) is 0.658. The van der Waals surface area contributed by atoms with Crippen LogP contribution in [0.3, 0.4) is 0 Å². The second kappa shape index (κ2) is 6.94. The van der Waals surface area contributed by atoms with Gasteiger partial charge in [-0.25, -0.2) is 9.97 Å². The average Bonchev–Trinajstić information content (AvgIpc) is 2.54. The van der Waals surface area contributed by atoms with Crippen molar-refractivity contribution < 1.29 is 14.3 Å². The van der Waals surface area contributed by atoms with Gasteiger partial charge in [0.15, 0.2) is 0 Å². The van der Waals surface area contributed by atoms with Crippen LogP contribution >= 0.6 is 0 Å². The Morgan fingerprint density at radius 3 is 2.67 bits per heavy atom. The van der Waals surface area contributed by atoms with E-state index in [1.54, 1.807) is 12.1 Å². The third kappa shape index (κ3) is 4.23. The fourth-order valence-corrected chi connectivity index (χ4v) is 1.45. The molecule has 0 saturated carbocycles. The Morgan fingerprint density at radius 2 is 2.05 bits per heavy atom. The van der Waals surface area contributed by atoms with Crippen molar-refractivity contribution in [3.63, 3.8) is 0 Å². The number of hydrogen-bond donors (Lipinski definition) is 2. The summed E-state index contributed by atoms with van der Waals surface area (Å²) in [4.78, 5) is 34.9. The molecule has 2 aromatic heterocycles. The number of amides is 2. The van der Waals surface area contributed by atoms with Gasteiger partial charge in [-0.05, 0) is 6.07 Å². The highest BCUT2D eigenvalue weighted by Crippen LogP contribution is 2.10. The summed E-state index contributed by atoms with van der Waals surface area (Å²) in [5, 5.41) is 5.04. The summed E-state index contributed by atoms with van der Waals surface area (Å²) < 4.78 is 4.91. The first-order valence-electron chi connectivity index (χ1n) is 6.03. The Kier molecular flexibility index (Phi) is 4.75. The molecule has 0 aliphatic heterocycles. The first-order valence-corrected chi connectivity index (χ1v) is 6.03. The summed E-state index contributed by atoms with van der Waals surface area (Å²) in [6.07, 6.45) is 5.64. The lowest BCUT2D eigenvalue weighted by Gasteiger charge is -2.06. The minimum absolute atomic E-state index is 0.149. The Labute approximate surface area is 120 Å². The molecule has 2 aromatic rings. The minimum Gasteiger partial charge on any atom is -0.481 e. The van der Waals surface area contributed by atoms with Crippen LogP contribution in [0.25, 0.3) is 0 Å². The van der Waals surface area contributed by atoms with E-state index in [0.717, 1.165) is 0 Å². The van der Waals surface area contributed by atoms with Gasteiger partial charge in [-0.1, -0.05) is 0 Å². The maximum absolute atomic E-state index is 11.7. The second-order valence-electron chi connectivity index (χ2n) is 3.91. The van der Waals surface area contributed by atoms with Crippen LogP contribution in [0.1, 0.15) is 10.5 Å². The maximum atomic E-state index is 11.7. The third-order valence-electron chi connectivity index (χ3n) is 2.43. The number of ether oxygens (including phenoxy) is 1. The molecule has 21 heavy (non-hydrogen) atoms. The number of anilines is 1. The molecule has 0 aliphatic rings. The SMILES string of the molecule is COc1ccc(NC(=O)CNC(=O)c2cnccn2)cn1. The normalized spacial score (nSPS) is 9.76. The smallest absolute Gasteiger partial charge is 0.271 e. The predicted octanol–water partition coefficient (Wildman–Crippen LogP) is 0.249. The molecular formula is C13H13N5O3. The highest BCUT2D eigenvalue weighted by atomic mass is 16.5. The molecule has 0 aliphatic carbocycles. The van der Waals surface area contributed by atoms with Gasteiger partial charge in [0.25, 0.3) is 5.91 Å². The number of pyridine rings is 1. The molecule has 0 saturated heterocycles. The number of aromatic nitrogens is 3. The van der Waals surface area contributed by atoms with E-state index in [-0.39, 0.29) is 18.1 Å². The largest absolute Gasteiger partial charge is 0.481 e. The summed E-state index contributed by atoms with van der Waals surface area (Å²) in [6, 6.07) is 3.27. The van der Waals surface area contributed by atoms with Gasteiger partial charge in [0.05, 0.1) is 31.7 Å². The van der Waals surface area contributed by atoms with E-state index >= 15 is 0 Å². The first kappa shape index (κ1) is 14.4. The summed E-state index contributed by atoms with van der Waals surface area (Å²) in [6.45, 7) is -0.179. The fourth-order valence-electron chi connectivity index (χ4n) is 1.45. The van der Waals surface area contributed by atoms with Crippen LogP contribution in [0.15, 0.2) is 36.9 Å². The van der Waals surface area contributed by atoms with E-state index in [9.17, 15) is 9.59 Å². The van der Waals surface area contributed by atoms with Gasteiger partial charge in [-0.3, -0.25) is 14.6 Å². The van der Waals surface area contributed by atoms with Crippen molar-refractivity contribution in [1.29, 1.82) is 0 Å². The topological polar surface area (TPSA) is 106 Å². The van der Waals surface area contributed by atoms with Crippen LogP contribution in [0.2, 0.25) is 0 Å². The van der Waals surface area contributed by atoms with Crippen molar-refractivity contribution in [3.8, 4) is 5.88 Å². The van der Waals surface area contributed by atoms with Gasteiger partial charge in [0.1, 0.15) is 5.69 Å². The minimum atomic E-state index is -0.467. The molecule has 0 aromatic carbocycles. The van der Waals surface area contributed by atoms with Crippen LogP contribution in [-0.4, -0.2) is 40.4 Å². The van der Waals surface area contributed by atoms with Gasteiger partial charge in [-0.2, -0.15) is 0 Å². The molecule has 0 spiro atoms. The summed E-state index contributed by atoms with van der Waals surface area (Å²) in [7, 11) is 1.50. The first-order chi connectivity index (χ1) is 10.2. The molecule has 2 amide bonds. The maximum Gasteiger partial charge on any atom is 0.271 e. The molecule has 2 N–H and O–H groups in total. The highest BCUT2D eigenvalue weighted by Gasteiger charge is 2.09. The number of nitrogens with one attached hydrogen (secondary N) is 2. The van der Waals surface area contributed by atoms with E-state index in [0.29, 0.717) is 11.6 Å². The number of hydrogen-bond acceptors (Lipinski definition) is 6. The molecule has 2 heterocycles. The van der Waals surface area contributed by atoms with Crippen LogP contribution < -0.4 is 15.4 Å². The van der Waals surface area contributed by atoms with Crippen LogP contribution in [-0.2, 0) is 4.79 Å². The molecule has 0 fully saturated rings. The van der Waals surface area contributed by atoms with Crippen molar-refractivity contribution in [2.45, 2.75) is 0 Å². The Morgan fingerprint density at radius 1 is 1.19 bits per heavy atom. The van der Waals surface area contributed by atoms with Crippen LogP contribution in [0.5, 0.6) is 5.88 Å². The van der Waals surface area contributed by atoms with E-state index in [1.807, 2.05) is 0 Å². The van der Waals surface area contributed by atoms with Crippen molar-refractivity contribution in [1.82, 2.24) is 20.3 Å². The number of nitrogens with zero attached hydrogens (tertiary/aromatic N) is 3. The second-order valence-corrected chi connectivity index (χ2v) is 3.91. The Bertz CT molecular complexity index is 615. The van der Waals surface area contributed by atoms with E-state index in [4.69, 9.17) is 4.74 Å². The van der Waals surface area contributed by atoms with Gasteiger partial charge < -0.3 is 15.4 Å². The third-order valence-corrected chi connectivity index (χ3v) is 2.43. The Balaban J connectivity index is 1.83. The highest BCUT2D eigenvalue weighted by molar-refractivity contribution is 5.98. The zero-order valence-corrected chi connectivity index (χ0v) is 11.2. The van der Waals surface area contributed by atoms with Crippen molar-refractivity contribution in [2.75, 3.05) is 19.0 Å². The molecule has 0 bridgehead atoms. The summed E-state index contributed by atoms with van der Waals surface area (Å²) in [5.74, 6) is -0.394. The molecule has 0 radical (unpaired) electrons. The van der Waals surface area contributed by atoms with Gasteiger partial charge in [0.2, 0.25) is 11.8 Å². The fraction of sp³-hybridized carbons (Fsp3) is 0.154. The van der Waals surface area contributed by atoms with E-state index in [1.165, 1.54) is 31.9 Å². The molecule has 0 atom stereocenters. The Hall–Kier alpha value is -3.03. The molecule has 8 nitrogen and oxygen atoms in total. The zero-order valence-electron chi connectivity index (χ0n) is 11.2. The lowest BCUT2D eigenvalue weighted by molar-refractivity contribution is -0.115. The molecule has 0 unspecified atom stereocenters. The standard InChI is InChI=1S/C13H13N5O3/c1-21-12-3-2-9(6-16-12)18-11(19)8-17-13(20)10-7-14-4-5-15-10/h2-7H,8H2,1H3,(H,17,20)(H,18,19). The number of rotatable bonds is 5. The molecule has 2 rings (SSSR count). The van der Waals surface area contributed by atoms with Crippen molar-refractivity contribution >= 4 is 17.5 Å². The number of methoxy groups -OCH3 is 1. The van der Waals surface area contributed by atoms with Gasteiger partial charge >= 0.3 is 0 Å². The molecule has 108 valence electrons. The van der Waals surface area contributed by atoms with Gasteiger partial charge in [-0.15, -0.1) is 0 Å². The van der Waals surface area contributed by atoms with E-state index < -0.39 is 5.91 Å². The van der Waals surface area contributed by atoms with E-state index in [2.05, 4.69) is 25.6 Å².